The largest absolute Gasteiger partial charge is 0.478 e. The molecule has 0 aliphatic heterocycles. The Balaban J connectivity index is 2.47. The van der Waals surface area contributed by atoms with Crippen LogP contribution in [0.1, 0.15) is 23.2 Å². The van der Waals surface area contributed by atoms with Crippen molar-refractivity contribution >= 4 is 21.5 Å². The second-order valence-corrected chi connectivity index (χ2v) is 6.00. The van der Waals surface area contributed by atoms with Gasteiger partial charge in [0.05, 0.1) is 21.4 Å². The minimum atomic E-state index is -3.36. The number of hydrogen-bond acceptors (Lipinski definition) is 4. The van der Waals surface area contributed by atoms with Crippen molar-refractivity contribution in [3.8, 4) is 0 Å². The normalized spacial score (nSPS) is 16.0. The molecule has 86 valence electrons. The average molecular weight is 241 g/mol. The Labute approximate surface area is 92.8 Å². The van der Waals surface area contributed by atoms with Crippen molar-refractivity contribution in [2.24, 2.45) is 0 Å². The van der Waals surface area contributed by atoms with Crippen LogP contribution in [0.15, 0.2) is 23.1 Å². The fraction of sp³-hybridized carbons (Fsp3) is 0.300. The molecule has 0 bridgehead atoms. The Hall–Kier alpha value is -1.56. The number of carboxylic acid groups (broad SMARTS) is 1. The maximum atomic E-state index is 11.9. The van der Waals surface area contributed by atoms with Gasteiger partial charge in [0.1, 0.15) is 0 Å². The first-order valence-corrected chi connectivity index (χ1v) is 6.34. The van der Waals surface area contributed by atoms with Crippen LogP contribution < -0.4 is 5.73 Å². The van der Waals surface area contributed by atoms with Gasteiger partial charge in [0.25, 0.3) is 0 Å². The fourth-order valence-electron chi connectivity index (χ4n) is 1.50. The van der Waals surface area contributed by atoms with Gasteiger partial charge in [-0.05, 0) is 31.0 Å². The van der Waals surface area contributed by atoms with Crippen molar-refractivity contribution in [1.82, 2.24) is 0 Å². The van der Waals surface area contributed by atoms with Gasteiger partial charge >= 0.3 is 5.97 Å². The lowest BCUT2D eigenvalue weighted by molar-refractivity contribution is 0.0697. The van der Waals surface area contributed by atoms with E-state index in [-0.39, 0.29) is 21.4 Å². The van der Waals surface area contributed by atoms with E-state index in [9.17, 15) is 13.2 Å². The molecule has 1 saturated carbocycles. The van der Waals surface area contributed by atoms with Gasteiger partial charge in [0.2, 0.25) is 0 Å². The van der Waals surface area contributed by atoms with E-state index in [1.54, 1.807) is 0 Å². The highest BCUT2D eigenvalue weighted by molar-refractivity contribution is 7.92. The van der Waals surface area contributed by atoms with Gasteiger partial charge in [-0.3, -0.25) is 0 Å². The Morgan fingerprint density at radius 3 is 2.44 bits per heavy atom. The molecule has 16 heavy (non-hydrogen) atoms. The summed E-state index contributed by atoms with van der Waals surface area (Å²) in [6.45, 7) is 0. The van der Waals surface area contributed by atoms with E-state index in [1.165, 1.54) is 18.2 Å². The van der Waals surface area contributed by atoms with Crippen molar-refractivity contribution in [3.05, 3.63) is 23.8 Å². The zero-order valence-corrected chi connectivity index (χ0v) is 9.20. The zero-order chi connectivity index (χ0) is 11.9. The molecule has 0 spiro atoms. The summed E-state index contributed by atoms with van der Waals surface area (Å²) < 4.78 is 23.7. The summed E-state index contributed by atoms with van der Waals surface area (Å²) in [7, 11) is -3.36. The minimum absolute atomic E-state index is 0.00630. The summed E-state index contributed by atoms with van der Waals surface area (Å²) in [5, 5.41) is 8.38. The first-order valence-electron chi connectivity index (χ1n) is 4.79. The quantitative estimate of drug-likeness (QED) is 0.766. The number of anilines is 1. The predicted molar refractivity (Wildman–Crippen MR) is 58.0 cm³/mol. The van der Waals surface area contributed by atoms with Gasteiger partial charge in [-0.1, -0.05) is 0 Å². The Kier molecular flexibility index (Phi) is 2.38. The third-order valence-electron chi connectivity index (χ3n) is 2.53. The predicted octanol–water partition coefficient (Wildman–Crippen LogP) is 0.903. The monoisotopic (exact) mass is 241 g/mol. The first kappa shape index (κ1) is 10.9. The first-order chi connectivity index (χ1) is 7.43. The molecule has 0 aromatic heterocycles. The maximum absolute atomic E-state index is 11.9. The Bertz CT molecular complexity index is 546. The molecule has 0 radical (unpaired) electrons. The van der Waals surface area contributed by atoms with E-state index < -0.39 is 15.8 Å². The van der Waals surface area contributed by atoms with E-state index in [1.807, 2.05) is 0 Å². The topological polar surface area (TPSA) is 97.5 Å². The molecular weight excluding hydrogens is 230 g/mol. The number of nitrogens with two attached hydrogens (primary N) is 1. The van der Waals surface area contributed by atoms with E-state index in [2.05, 4.69) is 0 Å². The van der Waals surface area contributed by atoms with Crippen LogP contribution >= 0.6 is 0 Å². The Morgan fingerprint density at radius 2 is 2.00 bits per heavy atom. The van der Waals surface area contributed by atoms with Gasteiger partial charge in [-0.2, -0.15) is 0 Å². The number of nitrogen functional groups attached to an aromatic ring is 1. The lowest BCUT2D eigenvalue weighted by atomic mass is 10.2. The van der Waals surface area contributed by atoms with Crippen molar-refractivity contribution in [2.75, 3.05) is 5.73 Å². The number of sulfone groups is 1. The number of carboxylic acids is 1. The smallest absolute Gasteiger partial charge is 0.335 e. The van der Waals surface area contributed by atoms with Crippen LogP contribution in [-0.4, -0.2) is 24.7 Å². The van der Waals surface area contributed by atoms with Gasteiger partial charge < -0.3 is 10.8 Å². The fourth-order valence-corrected chi connectivity index (χ4v) is 3.26. The number of benzene rings is 1. The summed E-state index contributed by atoms with van der Waals surface area (Å²) in [5.74, 6) is -1.12. The van der Waals surface area contributed by atoms with Crippen molar-refractivity contribution < 1.29 is 18.3 Å². The highest BCUT2D eigenvalue weighted by Crippen LogP contribution is 2.35. The molecule has 3 N–H and O–H groups in total. The van der Waals surface area contributed by atoms with Crippen LogP contribution in [0.4, 0.5) is 5.69 Å². The van der Waals surface area contributed by atoms with Crippen LogP contribution in [0.5, 0.6) is 0 Å². The summed E-state index contributed by atoms with van der Waals surface area (Å²) in [6.07, 6.45) is 1.31. The van der Waals surface area contributed by atoms with Crippen LogP contribution in [-0.2, 0) is 9.84 Å². The second-order valence-electron chi connectivity index (χ2n) is 3.80. The van der Waals surface area contributed by atoms with Crippen molar-refractivity contribution in [3.63, 3.8) is 0 Å². The molecule has 2 rings (SSSR count). The summed E-state index contributed by atoms with van der Waals surface area (Å²) in [6, 6.07) is 3.71. The number of aromatic carboxylic acids is 1. The molecule has 1 fully saturated rings. The van der Waals surface area contributed by atoms with Crippen LogP contribution in [0, 0.1) is 0 Å². The lowest BCUT2D eigenvalue weighted by Crippen LogP contribution is -2.11. The minimum Gasteiger partial charge on any atom is -0.478 e. The third kappa shape index (κ3) is 1.76. The number of rotatable bonds is 3. The molecular formula is C10H11NO4S. The average Bonchev–Trinajstić information content (AvgIpc) is 2.99. The summed E-state index contributed by atoms with van der Waals surface area (Å²) >= 11 is 0. The number of carbonyl (C=O) groups is 1. The Morgan fingerprint density at radius 1 is 1.38 bits per heavy atom. The van der Waals surface area contributed by atoms with E-state index in [0.29, 0.717) is 12.8 Å². The second kappa shape index (κ2) is 3.48. The van der Waals surface area contributed by atoms with E-state index >= 15 is 0 Å². The van der Waals surface area contributed by atoms with Gasteiger partial charge in [0, 0.05) is 0 Å². The molecule has 1 aromatic rings. The van der Waals surface area contributed by atoms with Crippen LogP contribution in [0.3, 0.4) is 0 Å². The molecule has 1 aromatic carbocycles. The standard InChI is InChI=1S/C10H11NO4S/c11-8-5-6(10(12)13)1-4-9(8)16(14,15)7-2-3-7/h1,4-5,7H,2-3,11H2,(H,12,13). The van der Waals surface area contributed by atoms with Gasteiger partial charge in [-0.15, -0.1) is 0 Å². The molecule has 0 unspecified atom stereocenters. The molecule has 0 heterocycles. The highest BCUT2D eigenvalue weighted by atomic mass is 32.2. The molecule has 0 saturated heterocycles. The number of hydrogen-bond donors (Lipinski definition) is 2. The highest BCUT2D eigenvalue weighted by Gasteiger charge is 2.37. The zero-order valence-electron chi connectivity index (χ0n) is 8.38. The van der Waals surface area contributed by atoms with E-state index in [0.717, 1.165) is 0 Å². The SMILES string of the molecule is Nc1cc(C(=O)O)ccc1S(=O)(=O)C1CC1. The molecule has 0 amide bonds. The maximum Gasteiger partial charge on any atom is 0.335 e. The van der Waals surface area contributed by atoms with E-state index in [4.69, 9.17) is 10.8 Å². The van der Waals surface area contributed by atoms with Crippen LogP contribution in [0.2, 0.25) is 0 Å². The molecule has 0 atom stereocenters. The van der Waals surface area contributed by atoms with Gasteiger partial charge in [-0.25, -0.2) is 13.2 Å². The van der Waals surface area contributed by atoms with Crippen molar-refractivity contribution in [1.29, 1.82) is 0 Å². The lowest BCUT2D eigenvalue weighted by Gasteiger charge is -2.06. The molecule has 5 nitrogen and oxygen atoms in total. The molecule has 6 heteroatoms. The summed E-state index contributed by atoms with van der Waals surface area (Å²) in [5.41, 5.74) is 5.57. The van der Waals surface area contributed by atoms with Crippen molar-refractivity contribution in [2.45, 2.75) is 23.0 Å². The molecule has 1 aliphatic carbocycles. The van der Waals surface area contributed by atoms with Gasteiger partial charge in [0.15, 0.2) is 9.84 Å². The van der Waals surface area contributed by atoms with Crippen LogP contribution in [0.25, 0.3) is 0 Å². The third-order valence-corrected chi connectivity index (χ3v) is 4.86. The molecule has 1 aliphatic rings. The summed E-state index contributed by atoms with van der Waals surface area (Å²) in [4.78, 5) is 10.7.